The first kappa shape index (κ1) is 23.9. The molecule has 0 unspecified atom stereocenters. The van der Waals surface area contributed by atoms with Crippen LogP contribution < -0.4 is 4.90 Å². The van der Waals surface area contributed by atoms with Gasteiger partial charge in [0, 0.05) is 29.5 Å². The Morgan fingerprint density at radius 3 is 1.62 bits per heavy atom. The lowest BCUT2D eigenvalue weighted by atomic mass is 9.91. The first-order valence-electron chi connectivity index (χ1n) is 13.8. The third kappa shape index (κ3) is 4.22. The van der Waals surface area contributed by atoms with E-state index in [1.54, 1.807) is 0 Å². The van der Waals surface area contributed by atoms with Gasteiger partial charge in [0.25, 0.3) is 0 Å². The number of para-hydroxylation sites is 1. The van der Waals surface area contributed by atoms with Crippen molar-refractivity contribution in [3.8, 4) is 33.4 Å². The van der Waals surface area contributed by atoms with E-state index >= 15 is 0 Å². The summed E-state index contributed by atoms with van der Waals surface area (Å²) in [7, 11) is 2.18. The maximum atomic E-state index is 2.38. The van der Waals surface area contributed by atoms with Crippen LogP contribution in [0.3, 0.4) is 0 Å². The molecule has 7 aromatic carbocycles. The third-order valence-electron chi connectivity index (χ3n) is 7.89. The molecule has 7 rings (SSSR count). The molecule has 0 aliphatic rings. The fourth-order valence-corrected chi connectivity index (χ4v) is 5.91. The van der Waals surface area contributed by atoms with E-state index in [4.69, 9.17) is 0 Å². The van der Waals surface area contributed by atoms with Crippen LogP contribution in [-0.4, -0.2) is 7.05 Å². The van der Waals surface area contributed by atoms with Crippen LogP contribution in [0.5, 0.6) is 0 Å². The Labute approximate surface area is 235 Å². The fourth-order valence-electron chi connectivity index (χ4n) is 5.91. The zero-order valence-electron chi connectivity index (χ0n) is 22.5. The number of hydrogen-bond donors (Lipinski definition) is 0. The highest BCUT2D eigenvalue weighted by molar-refractivity contribution is 6.03. The number of hydrogen-bond acceptors (Lipinski definition) is 1. The van der Waals surface area contributed by atoms with E-state index in [9.17, 15) is 0 Å². The lowest BCUT2D eigenvalue weighted by Gasteiger charge is -2.26. The second-order valence-corrected chi connectivity index (χ2v) is 10.2. The van der Waals surface area contributed by atoms with Gasteiger partial charge in [-0.1, -0.05) is 140 Å². The highest BCUT2D eigenvalue weighted by Gasteiger charge is 2.18. The second-order valence-electron chi connectivity index (χ2n) is 10.2. The topological polar surface area (TPSA) is 3.24 Å². The quantitative estimate of drug-likeness (QED) is 0.222. The van der Waals surface area contributed by atoms with Crippen LogP contribution in [0.15, 0.2) is 158 Å². The van der Waals surface area contributed by atoms with Gasteiger partial charge in [-0.15, -0.1) is 0 Å². The highest BCUT2D eigenvalue weighted by Crippen LogP contribution is 2.43. The predicted molar refractivity (Wildman–Crippen MR) is 172 cm³/mol. The lowest BCUT2D eigenvalue weighted by molar-refractivity contribution is 1.21. The zero-order chi connectivity index (χ0) is 26.9. The summed E-state index contributed by atoms with van der Waals surface area (Å²) < 4.78 is 0. The molecular weight excluding hydrogens is 482 g/mol. The van der Waals surface area contributed by atoms with Crippen molar-refractivity contribution in [3.05, 3.63) is 158 Å². The Balaban J connectivity index is 1.47. The minimum Gasteiger partial charge on any atom is -0.344 e. The van der Waals surface area contributed by atoms with Crippen LogP contribution in [0.25, 0.3) is 54.9 Å². The first-order valence-corrected chi connectivity index (χ1v) is 13.8. The molecule has 0 radical (unpaired) electrons. The van der Waals surface area contributed by atoms with Gasteiger partial charge in [0.2, 0.25) is 0 Å². The molecule has 0 bridgehead atoms. The third-order valence-corrected chi connectivity index (χ3v) is 7.89. The lowest BCUT2D eigenvalue weighted by Crippen LogP contribution is -2.12. The van der Waals surface area contributed by atoms with E-state index in [1.165, 1.54) is 66.3 Å². The van der Waals surface area contributed by atoms with Crippen LogP contribution in [-0.2, 0) is 0 Å². The molecule has 7 aromatic rings. The van der Waals surface area contributed by atoms with Crippen molar-refractivity contribution in [2.24, 2.45) is 0 Å². The Hall–Kier alpha value is -5.14. The van der Waals surface area contributed by atoms with Gasteiger partial charge in [0.05, 0.1) is 0 Å². The molecule has 40 heavy (non-hydrogen) atoms. The van der Waals surface area contributed by atoms with Crippen molar-refractivity contribution >= 4 is 32.9 Å². The number of nitrogens with zero attached hydrogens (tertiary/aromatic N) is 1. The Morgan fingerprint density at radius 2 is 0.875 bits per heavy atom. The summed E-state index contributed by atoms with van der Waals surface area (Å²) in [6.07, 6.45) is 0. The normalized spacial score (nSPS) is 11.1. The van der Waals surface area contributed by atoms with E-state index in [1.807, 2.05) is 0 Å². The molecule has 0 saturated heterocycles. The molecule has 0 spiro atoms. The van der Waals surface area contributed by atoms with Crippen molar-refractivity contribution in [3.63, 3.8) is 0 Å². The van der Waals surface area contributed by atoms with Crippen LogP contribution in [0.2, 0.25) is 0 Å². The summed E-state index contributed by atoms with van der Waals surface area (Å²) in [6.45, 7) is 0. The number of fused-ring (bicyclic) bond motifs is 2. The highest BCUT2D eigenvalue weighted by atomic mass is 15.1. The van der Waals surface area contributed by atoms with E-state index in [-0.39, 0.29) is 0 Å². The molecule has 0 amide bonds. The Kier molecular flexibility index (Phi) is 6.11. The number of benzene rings is 7. The standard InChI is InChI=1S/C39H29N/c1-40(38-24-10-9-21-35(38)30-13-3-2-4-14-30)39-26-25-31(34-22-11-17-28-15-5-7-19-32(28)34)27-37(39)36-23-12-18-29-16-6-8-20-33(29)36/h2-27H,1H3. The van der Waals surface area contributed by atoms with E-state index in [0.717, 1.165) is 0 Å². The Bertz CT molecular complexity index is 1960. The minimum absolute atomic E-state index is 1.17. The molecule has 190 valence electrons. The molecule has 0 fully saturated rings. The number of rotatable bonds is 5. The van der Waals surface area contributed by atoms with Crippen molar-refractivity contribution in [1.82, 2.24) is 0 Å². The minimum atomic E-state index is 1.17. The van der Waals surface area contributed by atoms with Crippen LogP contribution in [0.4, 0.5) is 11.4 Å². The number of anilines is 2. The van der Waals surface area contributed by atoms with Gasteiger partial charge >= 0.3 is 0 Å². The molecule has 1 heteroatoms. The molecule has 0 aliphatic carbocycles. The largest absolute Gasteiger partial charge is 0.344 e. The molecule has 0 N–H and O–H groups in total. The van der Waals surface area contributed by atoms with Crippen molar-refractivity contribution in [2.75, 3.05) is 11.9 Å². The Morgan fingerprint density at radius 1 is 0.350 bits per heavy atom. The van der Waals surface area contributed by atoms with E-state index in [0.29, 0.717) is 0 Å². The monoisotopic (exact) mass is 511 g/mol. The smallest absolute Gasteiger partial charge is 0.0488 e. The van der Waals surface area contributed by atoms with Crippen molar-refractivity contribution in [1.29, 1.82) is 0 Å². The SMILES string of the molecule is CN(c1ccccc1-c1ccccc1)c1ccc(-c2cccc3ccccc23)cc1-c1cccc2ccccc12. The zero-order valence-corrected chi connectivity index (χ0v) is 22.5. The van der Waals surface area contributed by atoms with Crippen LogP contribution in [0, 0.1) is 0 Å². The van der Waals surface area contributed by atoms with Crippen molar-refractivity contribution < 1.29 is 0 Å². The second kappa shape index (κ2) is 10.2. The maximum absolute atomic E-state index is 2.38. The van der Waals surface area contributed by atoms with Gasteiger partial charge in [0.1, 0.15) is 0 Å². The molecule has 0 aliphatic heterocycles. The van der Waals surface area contributed by atoms with Crippen LogP contribution >= 0.6 is 0 Å². The van der Waals surface area contributed by atoms with Gasteiger partial charge in [0.15, 0.2) is 0 Å². The van der Waals surface area contributed by atoms with Gasteiger partial charge in [-0.05, 0) is 62.0 Å². The average molecular weight is 512 g/mol. The molecule has 0 saturated carbocycles. The first-order chi connectivity index (χ1) is 19.8. The molecular formula is C39H29N. The average Bonchev–Trinajstić information content (AvgIpc) is 3.04. The summed E-state index contributed by atoms with van der Waals surface area (Å²) in [5.41, 5.74) is 9.69. The molecule has 0 atom stereocenters. The summed E-state index contributed by atoms with van der Waals surface area (Å²) in [5.74, 6) is 0. The van der Waals surface area contributed by atoms with Gasteiger partial charge in [-0.2, -0.15) is 0 Å². The van der Waals surface area contributed by atoms with Crippen molar-refractivity contribution in [2.45, 2.75) is 0 Å². The van der Waals surface area contributed by atoms with E-state index < -0.39 is 0 Å². The maximum Gasteiger partial charge on any atom is 0.0488 e. The predicted octanol–water partition coefficient (Wildman–Crippen LogP) is 10.8. The molecule has 0 heterocycles. The van der Waals surface area contributed by atoms with Gasteiger partial charge in [-0.3, -0.25) is 0 Å². The summed E-state index contributed by atoms with van der Waals surface area (Å²) in [5, 5.41) is 5.02. The fraction of sp³-hybridized carbons (Fsp3) is 0.0256. The summed E-state index contributed by atoms with van der Waals surface area (Å²) in [4.78, 5) is 2.34. The summed E-state index contributed by atoms with van der Waals surface area (Å²) >= 11 is 0. The van der Waals surface area contributed by atoms with Crippen LogP contribution in [0.1, 0.15) is 0 Å². The van der Waals surface area contributed by atoms with E-state index in [2.05, 4.69) is 170 Å². The van der Waals surface area contributed by atoms with Gasteiger partial charge < -0.3 is 4.90 Å². The summed E-state index contributed by atoms with van der Waals surface area (Å²) in [6, 6.07) is 56.8. The molecule has 0 aromatic heterocycles. The molecule has 1 nitrogen and oxygen atoms in total. The van der Waals surface area contributed by atoms with Gasteiger partial charge in [-0.25, -0.2) is 0 Å².